The maximum Gasteiger partial charge on any atom is 0.318 e. The number of aliphatic carboxylic acids is 1. The van der Waals surface area contributed by atoms with Crippen LogP contribution < -0.4 is 5.73 Å². The lowest BCUT2D eigenvalue weighted by Gasteiger charge is -2.38. The summed E-state index contributed by atoms with van der Waals surface area (Å²) in [6, 6.07) is 19.0. The van der Waals surface area contributed by atoms with Crippen molar-refractivity contribution in [2.24, 2.45) is 11.7 Å². The van der Waals surface area contributed by atoms with E-state index in [0.717, 1.165) is 17.5 Å². The zero-order valence-corrected chi connectivity index (χ0v) is 15.4. The fraction of sp³-hybridized carbons (Fsp3) is 0.316. The summed E-state index contributed by atoms with van der Waals surface area (Å²) in [7, 11) is 0. The van der Waals surface area contributed by atoms with Crippen molar-refractivity contribution in [3.63, 3.8) is 0 Å². The molecule has 5 heteroatoms. The molecule has 0 spiro atoms. The lowest BCUT2D eigenvalue weighted by Crippen LogP contribution is -2.44. The maximum atomic E-state index is 12.5. The van der Waals surface area contributed by atoms with Crippen LogP contribution in [0.5, 0.6) is 0 Å². The summed E-state index contributed by atoms with van der Waals surface area (Å²) in [6.07, 6.45) is 1.43. The van der Waals surface area contributed by atoms with Gasteiger partial charge in [0.2, 0.25) is 0 Å². The monoisotopic (exact) mass is 369 g/mol. The number of benzene rings is 2. The molecular formula is C19H25Cl2NO2. The van der Waals surface area contributed by atoms with Gasteiger partial charge in [-0.25, -0.2) is 0 Å². The van der Waals surface area contributed by atoms with Crippen LogP contribution in [-0.4, -0.2) is 17.6 Å². The Morgan fingerprint density at radius 2 is 1.42 bits per heavy atom. The van der Waals surface area contributed by atoms with Crippen LogP contribution in [-0.2, 0) is 10.2 Å². The summed E-state index contributed by atoms with van der Waals surface area (Å²) < 4.78 is 0. The number of halogens is 2. The molecule has 2 rings (SSSR count). The highest BCUT2D eigenvalue weighted by molar-refractivity contribution is 5.86. The number of carbonyl (C=O) groups is 1. The van der Waals surface area contributed by atoms with E-state index in [9.17, 15) is 9.90 Å². The van der Waals surface area contributed by atoms with Crippen LogP contribution in [0.2, 0.25) is 0 Å². The second kappa shape index (κ2) is 10.3. The fourth-order valence-electron chi connectivity index (χ4n) is 3.39. The van der Waals surface area contributed by atoms with E-state index >= 15 is 0 Å². The van der Waals surface area contributed by atoms with Gasteiger partial charge in [0.05, 0.1) is 0 Å². The molecule has 3 nitrogen and oxygen atoms in total. The number of hydrogen-bond donors (Lipinski definition) is 2. The highest BCUT2D eigenvalue weighted by Crippen LogP contribution is 2.42. The van der Waals surface area contributed by atoms with Crippen molar-refractivity contribution in [3.8, 4) is 0 Å². The van der Waals surface area contributed by atoms with Crippen molar-refractivity contribution in [1.82, 2.24) is 0 Å². The zero-order chi connectivity index (χ0) is 16.0. The summed E-state index contributed by atoms with van der Waals surface area (Å²) in [6.45, 7) is 2.51. The summed E-state index contributed by atoms with van der Waals surface area (Å²) in [5.41, 5.74) is 6.33. The Kier molecular flexibility index (Phi) is 9.67. The van der Waals surface area contributed by atoms with E-state index in [2.05, 4.69) is 0 Å². The highest BCUT2D eigenvalue weighted by atomic mass is 35.5. The number of rotatable bonds is 7. The van der Waals surface area contributed by atoms with Gasteiger partial charge in [0.1, 0.15) is 5.41 Å². The minimum absolute atomic E-state index is 0. The first-order valence-electron chi connectivity index (χ1n) is 7.72. The van der Waals surface area contributed by atoms with Crippen molar-refractivity contribution >= 4 is 30.8 Å². The molecule has 0 fully saturated rings. The SMILES string of the molecule is CCC(CCN)C(C(=O)O)(c1ccccc1)c1ccccc1.Cl.Cl. The van der Waals surface area contributed by atoms with Gasteiger partial charge in [0.15, 0.2) is 0 Å². The third-order valence-corrected chi connectivity index (χ3v) is 4.42. The first kappa shape index (κ1) is 22.4. The van der Waals surface area contributed by atoms with Crippen LogP contribution in [0.25, 0.3) is 0 Å². The molecule has 0 amide bonds. The molecule has 0 saturated heterocycles. The fourth-order valence-corrected chi connectivity index (χ4v) is 3.39. The van der Waals surface area contributed by atoms with E-state index in [1.54, 1.807) is 0 Å². The average Bonchev–Trinajstić information content (AvgIpc) is 2.56. The van der Waals surface area contributed by atoms with E-state index in [4.69, 9.17) is 5.73 Å². The molecule has 0 bridgehead atoms. The minimum Gasteiger partial charge on any atom is -0.480 e. The van der Waals surface area contributed by atoms with Gasteiger partial charge in [-0.2, -0.15) is 0 Å². The molecule has 0 heterocycles. The van der Waals surface area contributed by atoms with Gasteiger partial charge >= 0.3 is 5.97 Å². The highest BCUT2D eigenvalue weighted by Gasteiger charge is 2.47. The Hall–Kier alpha value is -1.55. The molecule has 0 aliphatic rings. The third kappa shape index (κ3) is 4.10. The van der Waals surface area contributed by atoms with Gasteiger partial charge in [-0.15, -0.1) is 24.8 Å². The molecule has 2 aromatic carbocycles. The van der Waals surface area contributed by atoms with E-state index in [0.29, 0.717) is 13.0 Å². The van der Waals surface area contributed by atoms with Crippen LogP contribution >= 0.6 is 24.8 Å². The van der Waals surface area contributed by atoms with Crippen LogP contribution in [0.4, 0.5) is 0 Å². The summed E-state index contributed by atoms with van der Waals surface area (Å²) >= 11 is 0. The first-order chi connectivity index (χ1) is 10.7. The second-order valence-electron chi connectivity index (χ2n) is 5.53. The average molecular weight is 370 g/mol. The van der Waals surface area contributed by atoms with Crippen molar-refractivity contribution in [3.05, 3.63) is 71.8 Å². The molecule has 3 N–H and O–H groups in total. The standard InChI is InChI=1S/C19H23NO2.2ClH/c1-2-15(13-14-20)19(18(21)22,16-9-5-3-6-10-16)17-11-7-4-8-12-17;;/h3-12,15H,2,13-14,20H2,1H3,(H,21,22);2*1H. The molecule has 1 unspecified atom stereocenters. The Bertz CT molecular complexity index is 566. The zero-order valence-electron chi connectivity index (χ0n) is 13.7. The molecule has 0 aromatic heterocycles. The van der Waals surface area contributed by atoms with Crippen LogP contribution in [0.15, 0.2) is 60.7 Å². The lowest BCUT2D eigenvalue weighted by molar-refractivity contribution is -0.144. The third-order valence-electron chi connectivity index (χ3n) is 4.42. The van der Waals surface area contributed by atoms with Crippen molar-refractivity contribution < 1.29 is 9.90 Å². The molecule has 0 saturated carbocycles. The molecule has 1 atom stereocenters. The van der Waals surface area contributed by atoms with Gasteiger partial charge < -0.3 is 10.8 Å². The van der Waals surface area contributed by atoms with Crippen molar-refractivity contribution in [2.45, 2.75) is 25.2 Å². The van der Waals surface area contributed by atoms with Gasteiger partial charge in [-0.3, -0.25) is 4.79 Å². The topological polar surface area (TPSA) is 63.3 Å². The van der Waals surface area contributed by atoms with Gasteiger partial charge in [-0.05, 0) is 30.0 Å². The number of nitrogens with two attached hydrogens (primary N) is 1. The predicted molar refractivity (Wildman–Crippen MR) is 103 cm³/mol. The molecule has 132 valence electrons. The molecule has 2 aromatic rings. The minimum atomic E-state index is -1.06. The molecular weight excluding hydrogens is 345 g/mol. The number of hydrogen-bond acceptors (Lipinski definition) is 2. The smallest absolute Gasteiger partial charge is 0.318 e. The molecule has 0 radical (unpaired) electrons. The van der Waals surface area contributed by atoms with E-state index in [1.807, 2.05) is 67.6 Å². The normalized spacial score (nSPS) is 11.8. The van der Waals surface area contributed by atoms with Gasteiger partial charge in [-0.1, -0.05) is 74.0 Å². The largest absolute Gasteiger partial charge is 0.480 e. The molecule has 24 heavy (non-hydrogen) atoms. The Morgan fingerprint density at radius 1 is 1.00 bits per heavy atom. The Labute approximate surface area is 156 Å². The second-order valence-corrected chi connectivity index (χ2v) is 5.53. The summed E-state index contributed by atoms with van der Waals surface area (Å²) in [5.74, 6) is -0.870. The van der Waals surface area contributed by atoms with E-state index in [1.165, 1.54) is 0 Å². The van der Waals surface area contributed by atoms with Crippen molar-refractivity contribution in [2.75, 3.05) is 6.54 Å². The van der Waals surface area contributed by atoms with Crippen LogP contribution in [0.1, 0.15) is 30.9 Å². The first-order valence-corrected chi connectivity index (χ1v) is 7.72. The molecule has 0 aliphatic heterocycles. The summed E-state index contributed by atoms with van der Waals surface area (Å²) in [5, 5.41) is 10.2. The number of carboxylic acids is 1. The van der Waals surface area contributed by atoms with E-state index in [-0.39, 0.29) is 30.7 Å². The summed E-state index contributed by atoms with van der Waals surface area (Å²) in [4.78, 5) is 12.5. The predicted octanol–water partition coefficient (Wildman–Crippen LogP) is 4.28. The van der Waals surface area contributed by atoms with Crippen LogP contribution in [0, 0.1) is 5.92 Å². The molecule has 0 aliphatic carbocycles. The lowest BCUT2D eigenvalue weighted by atomic mass is 9.63. The van der Waals surface area contributed by atoms with Gasteiger partial charge in [0, 0.05) is 0 Å². The Balaban J connectivity index is 0.00000264. The van der Waals surface area contributed by atoms with Gasteiger partial charge in [0.25, 0.3) is 0 Å². The Morgan fingerprint density at radius 3 is 1.71 bits per heavy atom. The quantitative estimate of drug-likeness (QED) is 0.765. The van der Waals surface area contributed by atoms with E-state index < -0.39 is 11.4 Å². The number of carboxylic acid groups (broad SMARTS) is 1. The van der Waals surface area contributed by atoms with Crippen LogP contribution in [0.3, 0.4) is 0 Å². The van der Waals surface area contributed by atoms with Crippen molar-refractivity contribution in [1.29, 1.82) is 0 Å². The maximum absolute atomic E-state index is 12.5.